The van der Waals surface area contributed by atoms with E-state index >= 15 is 0 Å². The fourth-order valence-corrected chi connectivity index (χ4v) is 2.05. The maximum atomic E-state index is 3.26. The van der Waals surface area contributed by atoms with Gasteiger partial charge in [0.1, 0.15) is 0 Å². The Kier molecular flexibility index (Phi) is 3.62. The van der Waals surface area contributed by atoms with Gasteiger partial charge in [0.2, 0.25) is 0 Å². The summed E-state index contributed by atoms with van der Waals surface area (Å²) >= 11 is 0. The van der Waals surface area contributed by atoms with Crippen molar-refractivity contribution in [1.82, 2.24) is 0 Å². The summed E-state index contributed by atoms with van der Waals surface area (Å²) in [6.07, 6.45) is 0. The molecule has 0 spiro atoms. The minimum Gasteiger partial charge on any atom is -0.0622 e. The molecule has 3 aromatic carbocycles. The Hall–Kier alpha value is -2.78. The van der Waals surface area contributed by atoms with E-state index < -0.39 is 0 Å². The fourth-order valence-electron chi connectivity index (χ4n) is 2.05. The first kappa shape index (κ1) is 12.3. The average molecular weight is 253 g/mol. The molecule has 0 nitrogen and oxygen atoms in total. The minimum absolute atomic E-state index is 1.03. The predicted octanol–water partition coefficient (Wildman–Crippen LogP) is 4.55. The lowest BCUT2D eigenvalue weighted by Gasteiger charge is -2.03. The van der Waals surface area contributed by atoms with Crippen molar-refractivity contribution >= 4 is 0 Å². The zero-order valence-electron chi connectivity index (χ0n) is 11.0. The van der Waals surface area contributed by atoms with Crippen molar-refractivity contribution in [2.24, 2.45) is 0 Å². The van der Waals surface area contributed by atoms with Crippen LogP contribution in [0.2, 0.25) is 0 Å². The molecule has 0 atom stereocenters. The van der Waals surface area contributed by atoms with Crippen LogP contribution in [0.3, 0.4) is 0 Å². The van der Waals surface area contributed by atoms with E-state index in [-0.39, 0.29) is 0 Å². The SMILES string of the molecule is C(#Cc1ccccc1-c1[c]cccc1)c1ccccc1. The quantitative estimate of drug-likeness (QED) is 0.558. The number of benzene rings is 3. The molecule has 0 aliphatic heterocycles. The first-order valence-corrected chi connectivity index (χ1v) is 6.57. The second kappa shape index (κ2) is 5.91. The van der Waals surface area contributed by atoms with Crippen molar-refractivity contribution in [3.63, 3.8) is 0 Å². The van der Waals surface area contributed by atoms with Crippen LogP contribution in [0.25, 0.3) is 11.1 Å². The third kappa shape index (κ3) is 2.79. The first-order valence-electron chi connectivity index (χ1n) is 6.57. The molecule has 0 fully saturated rings. The maximum absolute atomic E-state index is 3.26. The van der Waals surface area contributed by atoms with E-state index in [0.717, 1.165) is 22.3 Å². The van der Waals surface area contributed by atoms with E-state index in [1.165, 1.54) is 0 Å². The molecule has 0 amide bonds. The Morgan fingerprint density at radius 3 is 2.20 bits per heavy atom. The van der Waals surface area contributed by atoms with E-state index in [0.29, 0.717) is 0 Å². The van der Waals surface area contributed by atoms with Gasteiger partial charge in [-0.15, -0.1) is 0 Å². The largest absolute Gasteiger partial charge is 0.0622 e. The summed E-state index contributed by atoms with van der Waals surface area (Å²) in [5.41, 5.74) is 4.25. The highest BCUT2D eigenvalue weighted by Gasteiger charge is 2.01. The van der Waals surface area contributed by atoms with Gasteiger partial charge in [0.05, 0.1) is 0 Å². The molecule has 93 valence electrons. The molecule has 0 aliphatic rings. The Balaban J connectivity index is 2.02. The predicted molar refractivity (Wildman–Crippen MR) is 83.1 cm³/mol. The second-order valence-electron chi connectivity index (χ2n) is 4.44. The minimum atomic E-state index is 1.03. The van der Waals surface area contributed by atoms with Crippen LogP contribution in [0, 0.1) is 17.9 Å². The van der Waals surface area contributed by atoms with E-state index in [1.54, 1.807) is 0 Å². The van der Waals surface area contributed by atoms with Gasteiger partial charge in [0, 0.05) is 11.1 Å². The Morgan fingerprint density at radius 2 is 1.40 bits per heavy atom. The average Bonchev–Trinajstić information content (AvgIpc) is 2.55. The third-order valence-electron chi connectivity index (χ3n) is 3.04. The van der Waals surface area contributed by atoms with Gasteiger partial charge >= 0.3 is 0 Å². The molecule has 0 heteroatoms. The van der Waals surface area contributed by atoms with Crippen molar-refractivity contribution in [2.45, 2.75) is 0 Å². The van der Waals surface area contributed by atoms with Crippen LogP contribution in [-0.2, 0) is 0 Å². The van der Waals surface area contributed by atoms with Gasteiger partial charge in [-0.25, -0.2) is 0 Å². The van der Waals surface area contributed by atoms with E-state index in [1.807, 2.05) is 66.7 Å². The lowest BCUT2D eigenvalue weighted by atomic mass is 10.00. The highest BCUT2D eigenvalue weighted by atomic mass is 14.0. The lowest BCUT2D eigenvalue weighted by molar-refractivity contribution is 1.57. The standard InChI is InChI=1S/C20H13/c1-3-9-17(10-4-1)15-16-19-13-7-8-14-20(19)18-11-5-2-6-12-18/h1-11,13-14H. The molecular weight excluding hydrogens is 240 g/mol. The highest BCUT2D eigenvalue weighted by molar-refractivity contribution is 5.70. The van der Waals surface area contributed by atoms with Crippen LogP contribution in [0.4, 0.5) is 0 Å². The lowest BCUT2D eigenvalue weighted by Crippen LogP contribution is -1.84. The van der Waals surface area contributed by atoms with Gasteiger partial charge in [-0.3, -0.25) is 0 Å². The van der Waals surface area contributed by atoms with E-state index in [2.05, 4.69) is 30.0 Å². The molecule has 0 heterocycles. The molecule has 3 rings (SSSR count). The van der Waals surface area contributed by atoms with Gasteiger partial charge in [0.15, 0.2) is 0 Å². The van der Waals surface area contributed by atoms with Crippen molar-refractivity contribution in [3.05, 3.63) is 96.1 Å². The van der Waals surface area contributed by atoms with Gasteiger partial charge in [-0.1, -0.05) is 72.5 Å². The highest BCUT2D eigenvalue weighted by Crippen LogP contribution is 2.22. The Bertz CT molecular complexity index is 744. The topological polar surface area (TPSA) is 0 Å². The Labute approximate surface area is 119 Å². The van der Waals surface area contributed by atoms with Gasteiger partial charge in [-0.2, -0.15) is 0 Å². The van der Waals surface area contributed by atoms with Crippen molar-refractivity contribution in [2.75, 3.05) is 0 Å². The van der Waals surface area contributed by atoms with Gasteiger partial charge in [0.25, 0.3) is 0 Å². The Morgan fingerprint density at radius 1 is 0.650 bits per heavy atom. The summed E-state index contributed by atoms with van der Waals surface area (Å²) in [6, 6.07) is 29.5. The number of hydrogen-bond acceptors (Lipinski definition) is 0. The summed E-state index contributed by atoms with van der Waals surface area (Å²) in [5, 5.41) is 0. The van der Waals surface area contributed by atoms with Crippen molar-refractivity contribution in [3.8, 4) is 23.0 Å². The van der Waals surface area contributed by atoms with Crippen LogP contribution >= 0.6 is 0 Å². The molecule has 0 bridgehead atoms. The zero-order chi connectivity index (χ0) is 13.6. The first-order chi connectivity index (χ1) is 9.93. The fraction of sp³-hybridized carbons (Fsp3) is 0. The summed E-state index contributed by atoms with van der Waals surface area (Å²) in [7, 11) is 0. The van der Waals surface area contributed by atoms with Crippen LogP contribution in [-0.4, -0.2) is 0 Å². The maximum Gasteiger partial charge on any atom is 0.0327 e. The van der Waals surface area contributed by atoms with Gasteiger partial charge in [-0.05, 0) is 35.4 Å². The van der Waals surface area contributed by atoms with Crippen LogP contribution in [0.5, 0.6) is 0 Å². The molecule has 0 aromatic heterocycles. The molecule has 0 saturated heterocycles. The van der Waals surface area contributed by atoms with Crippen molar-refractivity contribution < 1.29 is 0 Å². The second-order valence-corrected chi connectivity index (χ2v) is 4.44. The molecule has 0 N–H and O–H groups in total. The number of hydrogen-bond donors (Lipinski definition) is 0. The normalized spacial score (nSPS) is 9.60. The molecule has 0 saturated carbocycles. The van der Waals surface area contributed by atoms with Crippen LogP contribution in [0.15, 0.2) is 78.9 Å². The van der Waals surface area contributed by atoms with Crippen LogP contribution in [0.1, 0.15) is 11.1 Å². The van der Waals surface area contributed by atoms with Gasteiger partial charge < -0.3 is 0 Å². The third-order valence-corrected chi connectivity index (χ3v) is 3.04. The monoisotopic (exact) mass is 253 g/mol. The van der Waals surface area contributed by atoms with Crippen molar-refractivity contribution in [1.29, 1.82) is 0 Å². The molecule has 0 unspecified atom stereocenters. The molecular formula is C20H13. The van der Waals surface area contributed by atoms with E-state index in [9.17, 15) is 0 Å². The smallest absolute Gasteiger partial charge is 0.0327 e. The summed E-state index contributed by atoms with van der Waals surface area (Å²) < 4.78 is 0. The molecule has 0 aliphatic carbocycles. The molecule has 1 radical (unpaired) electrons. The number of rotatable bonds is 1. The summed E-state index contributed by atoms with van der Waals surface area (Å²) in [5.74, 6) is 6.47. The summed E-state index contributed by atoms with van der Waals surface area (Å²) in [6.45, 7) is 0. The molecule has 3 aromatic rings. The van der Waals surface area contributed by atoms with Crippen LogP contribution < -0.4 is 0 Å². The summed E-state index contributed by atoms with van der Waals surface area (Å²) in [4.78, 5) is 0. The molecule has 20 heavy (non-hydrogen) atoms. The van der Waals surface area contributed by atoms with E-state index in [4.69, 9.17) is 0 Å². The zero-order valence-corrected chi connectivity index (χ0v) is 11.0.